The van der Waals surface area contributed by atoms with Crippen molar-refractivity contribution in [2.45, 2.75) is 25.1 Å². The number of halogens is 1. The molecule has 0 spiro atoms. The van der Waals surface area contributed by atoms with E-state index in [1.165, 1.54) is 0 Å². The van der Waals surface area contributed by atoms with Crippen molar-refractivity contribution in [2.24, 2.45) is 0 Å². The summed E-state index contributed by atoms with van der Waals surface area (Å²) in [5.41, 5.74) is 1.09. The smallest absolute Gasteiger partial charge is 0.237 e. The highest BCUT2D eigenvalue weighted by molar-refractivity contribution is 9.10. The zero-order chi connectivity index (χ0) is 13.0. The van der Waals surface area contributed by atoms with Crippen LogP contribution in [0.3, 0.4) is 0 Å². The van der Waals surface area contributed by atoms with E-state index in [1.807, 2.05) is 24.3 Å². The lowest BCUT2D eigenvalue weighted by Crippen LogP contribution is -2.39. The van der Waals surface area contributed by atoms with Crippen LogP contribution < -0.4 is 10.6 Å². The molecule has 18 heavy (non-hydrogen) atoms. The van der Waals surface area contributed by atoms with Crippen LogP contribution in [0.2, 0.25) is 0 Å². The number of hydrogen-bond acceptors (Lipinski definition) is 3. The van der Waals surface area contributed by atoms with Gasteiger partial charge in [0.15, 0.2) is 0 Å². The first kappa shape index (κ1) is 13.5. The first-order valence-electron chi connectivity index (χ1n) is 5.97. The molecule has 98 valence electrons. The Hall–Kier alpha value is -0.910. The van der Waals surface area contributed by atoms with Crippen LogP contribution >= 0.6 is 15.9 Å². The molecule has 1 amide bonds. The number of ether oxygens (including phenoxy) is 1. The van der Waals surface area contributed by atoms with E-state index in [4.69, 9.17) is 4.74 Å². The van der Waals surface area contributed by atoms with E-state index >= 15 is 0 Å². The van der Waals surface area contributed by atoms with Crippen LogP contribution in [0.25, 0.3) is 0 Å². The van der Waals surface area contributed by atoms with Gasteiger partial charge in [-0.15, -0.1) is 0 Å². The van der Waals surface area contributed by atoms with Crippen molar-refractivity contribution in [3.8, 4) is 0 Å². The summed E-state index contributed by atoms with van der Waals surface area (Å²) < 4.78 is 6.26. The number of hydrogen-bond donors (Lipinski definition) is 2. The highest BCUT2D eigenvalue weighted by Gasteiger charge is 2.28. The summed E-state index contributed by atoms with van der Waals surface area (Å²) in [6, 6.07) is 7.78. The average molecular weight is 313 g/mol. The molecule has 1 heterocycles. The Morgan fingerprint density at radius 2 is 2.22 bits per heavy atom. The molecule has 5 heteroatoms. The van der Waals surface area contributed by atoms with Crippen LogP contribution in [-0.2, 0) is 16.1 Å². The fourth-order valence-corrected chi connectivity index (χ4v) is 2.26. The highest BCUT2D eigenvalue weighted by Crippen LogP contribution is 2.11. The third-order valence-corrected chi connectivity index (χ3v) is 3.65. The number of methoxy groups -OCH3 is 1. The van der Waals surface area contributed by atoms with Gasteiger partial charge in [0.25, 0.3) is 0 Å². The Morgan fingerprint density at radius 3 is 2.83 bits per heavy atom. The van der Waals surface area contributed by atoms with Crippen LogP contribution in [0.4, 0.5) is 0 Å². The van der Waals surface area contributed by atoms with Gasteiger partial charge in [-0.3, -0.25) is 4.79 Å². The Kier molecular flexibility index (Phi) is 4.74. The number of nitrogens with one attached hydrogen (secondary N) is 2. The van der Waals surface area contributed by atoms with E-state index in [0.717, 1.165) is 23.0 Å². The quantitative estimate of drug-likeness (QED) is 0.884. The minimum atomic E-state index is -0.134. The lowest BCUT2D eigenvalue weighted by Gasteiger charge is -2.11. The molecule has 2 unspecified atom stereocenters. The van der Waals surface area contributed by atoms with Crippen LogP contribution in [0.15, 0.2) is 28.7 Å². The molecule has 1 fully saturated rings. The van der Waals surface area contributed by atoms with Crippen LogP contribution in [0.5, 0.6) is 0 Å². The minimum Gasteiger partial charge on any atom is -0.380 e. The zero-order valence-corrected chi connectivity index (χ0v) is 11.9. The highest BCUT2D eigenvalue weighted by atomic mass is 79.9. The van der Waals surface area contributed by atoms with Gasteiger partial charge in [-0.1, -0.05) is 28.1 Å². The third kappa shape index (κ3) is 3.54. The van der Waals surface area contributed by atoms with Crippen LogP contribution in [-0.4, -0.2) is 31.7 Å². The summed E-state index contributed by atoms with van der Waals surface area (Å²) in [5.74, 6) is 0.0393. The molecular formula is C13H17BrN2O2. The van der Waals surface area contributed by atoms with Crippen molar-refractivity contribution < 1.29 is 9.53 Å². The fourth-order valence-electron chi connectivity index (χ4n) is 2.00. The van der Waals surface area contributed by atoms with Crippen molar-refractivity contribution in [1.82, 2.24) is 10.6 Å². The van der Waals surface area contributed by atoms with E-state index < -0.39 is 0 Å². The van der Waals surface area contributed by atoms with Gasteiger partial charge in [-0.2, -0.15) is 0 Å². The molecule has 1 aliphatic rings. The lowest BCUT2D eigenvalue weighted by atomic mass is 10.2. The van der Waals surface area contributed by atoms with E-state index in [1.54, 1.807) is 7.11 Å². The topological polar surface area (TPSA) is 50.4 Å². The second kappa shape index (κ2) is 6.31. The Bertz CT molecular complexity index is 408. The van der Waals surface area contributed by atoms with Crippen molar-refractivity contribution in [2.75, 3.05) is 13.7 Å². The number of rotatable bonds is 4. The van der Waals surface area contributed by atoms with Gasteiger partial charge in [-0.05, 0) is 24.1 Å². The van der Waals surface area contributed by atoms with Gasteiger partial charge in [0, 0.05) is 24.7 Å². The van der Waals surface area contributed by atoms with Crippen molar-refractivity contribution in [1.29, 1.82) is 0 Å². The molecule has 4 nitrogen and oxygen atoms in total. The predicted molar refractivity (Wildman–Crippen MR) is 73.2 cm³/mol. The maximum atomic E-state index is 11.9. The molecule has 2 rings (SSSR count). The van der Waals surface area contributed by atoms with Crippen LogP contribution in [0.1, 0.15) is 12.0 Å². The van der Waals surface area contributed by atoms with E-state index in [0.29, 0.717) is 6.54 Å². The van der Waals surface area contributed by atoms with Crippen molar-refractivity contribution >= 4 is 21.8 Å². The Balaban J connectivity index is 1.80. The number of carbonyl (C=O) groups is 1. The van der Waals surface area contributed by atoms with E-state index in [-0.39, 0.29) is 18.1 Å². The molecular weight excluding hydrogens is 296 g/mol. The molecule has 2 atom stereocenters. The standard InChI is InChI=1S/C13H17BrN2O2/c1-18-11-6-12(15-8-11)13(17)16-7-9-2-4-10(14)5-3-9/h2-5,11-12,15H,6-8H2,1H3,(H,16,17). The molecule has 1 aromatic rings. The summed E-state index contributed by atoms with van der Waals surface area (Å²) in [6.07, 6.45) is 0.885. The van der Waals surface area contributed by atoms with Gasteiger partial charge in [0.1, 0.15) is 0 Å². The second-order valence-corrected chi connectivity index (χ2v) is 5.31. The second-order valence-electron chi connectivity index (χ2n) is 4.40. The molecule has 0 radical (unpaired) electrons. The normalized spacial score (nSPS) is 23.0. The van der Waals surface area contributed by atoms with E-state index in [9.17, 15) is 4.79 Å². The first-order chi connectivity index (χ1) is 8.69. The van der Waals surface area contributed by atoms with E-state index in [2.05, 4.69) is 26.6 Å². The first-order valence-corrected chi connectivity index (χ1v) is 6.76. The van der Waals surface area contributed by atoms with Gasteiger partial charge >= 0.3 is 0 Å². The van der Waals surface area contributed by atoms with Gasteiger partial charge in [0.2, 0.25) is 5.91 Å². The SMILES string of the molecule is COC1CNC(C(=O)NCc2ccc(Br)cc2)C1. The number of amides is 1. The van der Waals surface area contributed by atoms with Gasteiger partial charge in [-0.25, -0.2) is 0 Å². The largest absolute Gasteiger partial charge is 0.380 e. The molecule has 0 bridgehead atoms. The molecule has 1 saturated heterocycles. The molecule has 0 aliphatic carbocycles. The van der Waals surface area contributed by atoms with Gasteiger partial charge < -0.3 is 15.4 Å². The monoisotopic (exact) mass is 312 g/mol. The average Bonchev–Trinajstić information content (AvgIpc) is 2.86. The number of benzene rings is 1. The Labute approximate surface area is 115 Å². The minimum absolute atomic E-state index is 0.0393. The maximum Gasteiger partial charge on any atom is 0.237 e. The summed E-state index contributed by atoms with van der Waals surface area (Å²) in [6.45, 7) is 1.30. The molecule has 1 aromatic carbocycles. The molecule has 0 aromatic heterocycles. The van der Waals surface area contributed by atoms with Crippen molar-refractivity contribution in [3.05, 3.63) is 34.3 Å². The summed E-state index contributed by atoms with van der Waals surface area (Å²) in [7, 11) is 1.68. The van der Waals surface area contributed by atoms with Gasteiger partial charge in [0.05, 0.1) is 12.1 Å². The molecule has 2 N–H and O–H groups in total. The third-order valence-electron chi connectivity index (χ3n) is 3.12. The summed E-state index contributed by atoms with van der Waals surface area (Å²) in [4.78, 5) is 11.9. The maximum absolute atomic E-state index is 11.9. The lowest BCUT2D eigenvalue weighted by molar-refractivity contribution is -0.123. The fraction of sp³-hybridized carbons (Fsp3) is 0.462. The Morgan fingerprint density at radius 1 is 1.50 bits per heavy atom. The summed E-state index contributed by atoms with van der Waals surface area (Å²) >= 11 is 3.38. The molecule has 1 aliphatic heterocycles. The predicted octanol–water partition coefficient (Wildman–Crippen LogP) is 1.44. The molecule has 0 saturated carbocycles. The summed E-state index contributed by atoms with van der Waals surface area (Å²) in [5, 5.41) is 6.09. The van der Waals surface area contributed by atoms with Crippen molar-refractivity contribution in [3.63, 3.8) is 0 Å². The van der Waals surface area contributed by atoms with Crippen LogP contribution in [0, 0.1) is 0 Å². The number of carbonyl (C=O) groups excluding carboxylic acids is 1. The zero-order valence-electron chi connectivity index (χ0n) is 10.3.